The highest BCUT2D eigenvalue weighted by atomic mass is 19.1. The molecule has 0 saturated carbocycles. The van der Waals surface area contributed by atoms with E-state index in [4.69, 9.17) is 4.42 Å². The second-order valence-electron chi connectivity index (χ2n) is 2.85. The van der Waals surface area contributed by atoms with Crippen LogP contribution in [0.1, 0.15) is 5.76 Å². The molecule has 0 aliphatic heterocycles. The largest absolute Gasteiger partial charge is 0.458 e. The molecule has 2 rings (SSSR count). The molecule has 4 heteroatoms. The number of rotatable bonds is 1. The molecule has 1 aromatic heterocycles. The Hall–Kier alpha value is -1.71. The first kappa shape index (κ1) is 8.87. The molecule has 0 atom stereocenters. The van der Waals surface area contributed by atoms with Crippen LogP contribution in [0.2, 0.25) is 0 Å². The maximum absolute atomic E-state index is 12.7. The quantitative estimate of drug-likeness (QED) is 0.701. The lowest BCUT2D eigenvalue weighted by Crippen LogP contribution is -2.01. The molecule has 0 bridgehead atoms. The van der Waals surface area contributed by atoms with Crippen molar-refractivity contribution in [3.8, 4) is 0 Å². The Morgan fingerprint density at radius 1 is 1.29 bits per heavy atom. The molecule has 0 spiro atoms. The van der Waals surface area contributed by atoms with Crippen LogP contribution in [0.5, 0.6) is 0 Å². The van der Waals surface area contributed by atoms with Crippen LogP contribution in [0.3, 0.4) is 0 Å². The monoisotopic (exact) mass is 196 g/mol. The molecule has 0 aliphatic carbocycles. The summed E-state index contributed by atoms with van der Waals surface area (Å²) in [5.41, 5.74) is -0.288. The van der Waals surface area contributed by atoms with Gasteiger partial charge in [0, 0.05) is 12.1 Å². The minimum absolute atomic E-state index is 0.0742. The van der Waals surface area contributed by atoms with E-state index in [1.165, 1.54) is 6.07 Å². The summed E-state index contributed by atoms with van der Waals surface area (Å²) in [5, 5.41) is 0.253. The third-order valence-electron chi connectivity index (χ3n) is 1.87. The van der Waals surface area contributed by atoms with Crippen molar-refractivity contribution in [1.29, 1.82) is 0 Å². The van der Waals surface area contributed by atoms with Crippen molar-refractivity contribution in [2.24, 2.45) is 0 Å². The summed E-state index contributed by atoms with van der Waals surface area (Å²) in [7, 11) is 0. The van der Waals surface area contributed by atoms with Crippen molar-refractivity contribution < 1.29 is 13.2 Å². The molecule has 0 N–H and O–H groups in total. The van der Waals surface area contributed by atoms with Crippen molar-refractivity contribution in [2.75, 3.05) is 0 Å². The lowest BCUT2D eigenvalue weighted by molar-refractivity contribution is 0.400. The molecule has 2 nitrogen and oxygen atoms in total. The summed E-state index contributed by atoms with van der Waals surface area (Å²) in [5.74, 6) is -0.607. The molecular formula is C10H6F2O2. The van der Waals surface area contributed by atoms with Gasteiger partial charge in [-0.15, -0.1) is 0 Å². The van der Waals surface area contributed by atoms with E-state index in [0.29, 0.717) is 0 Å². The van der Waals surface area contributed by atoms with E-state index >= 15 is 0 Å². The molecule has 0 aliphatic rings. The summed E-state index contributed by atoms with van der Waals surface area (Å²) < 4.78 is 29.9. The van der Waals surface area contributed by atoms with Crippen LogP contribution in [0.4, 0.5) is 8.78 Å². The number of halogens is 2. The predicted molar refractivity (Wildman–Crippen MR) is 47.3 cm³/mol. The molecular weight excluding hydrogens is 190 g/mol. The third kappa shape index (κ3) is 1.39. The molecule has 0 saturated heterocycles. The second-order valence-corrected chi connectivity index (χ2v) is 2.85. The van der Waals surface area contributed by atoms with Crippen LogP contribution in [0.25, 0.3) is 11.0 Å². The Bertz CT molecular complexity index is 531. The van der Waals surface area contributed by atoms with Gasteiger partial charge < -0.3 is 4.42 Å². The van der Waals surface area contributed by atoms with Gasteiger partial charge in [-0.2, -0.15) is 0 Å². The summed E-state index contributed by atoms with van der Waals surface area (Å²) in [6.45, 7) is -0.873. The van der Waals surface area contributed by atoms with Crippen molar-refractivity contribution >= 4 is 11.0 Å². The summed E-state index contributed by atoms with van der Waals surface area (Å²) in [6, 6.07) is 4.61. The zero-order valence-electron chi connectivity index (χ0n) is 7.09. The first-order chi connectivity index (χ1) is 6.70. The lowest BCUT2D eigenvalue weighted by atomic mass is 10.2. The van der Waals surface area contributed by atoms with Crippen molar-refractivity contribution in [1.82, 2.24) is 0 Å². The fraction of sp³-hybridized carbons (Fsp3) is 0.100. The zero-order valence-corrected chi connectivity index (χ0v) is 7.09. The topological polar surface area (TPSA) is 30.2 Å². The van der Waals surface area contributed by atoms with Gasteiger partial charge in [-0.25, -0.2) is 8.78 Å². The highest BCUT2D eigenvalue weighted by Crippen LogP contribution is 2.14. The molecule has 2 aromatic rings. The first-order valence-electron chi connectivity index (χ1n) is 3.99. The highest BCUT2D eigenvalue weighted by molar-refractivity contribution is 5.76. The second kappa shape index (κ2) is 3.21. The SMILES string of the molecule is O=c1cc(CF)oc2cc(F)ccc12. The van der Waals surface area contributed by atoms with Crippen LogP contribution in [0.15, 0.2) is 33.5 Å². The minimum atomic E-state index is -0.873. The van der Waals surface area contributed by atoms with E-state index < -0.39 is 12.5 Å². The van der Waals surface area contributed by atoms with Gasteiger partial charge >= 0.3 is 0 Å². The van der Waals surface area contributed by atoms with E-state index in [2.05, 4.69) is 0 Å². The van der Waals surface area contributed by atoms with Crippen LogP contribution in [-0.2, 0) is 6.67 Å². The molecule has 0 unspecified atom stereocenters. The third-order valence-corrected chi connectivity index (χ3v) is 1.87. The number of fused-ring (bicyclic) bond motifs is 1. The molecule has 0 radical (unpaired) electrons. The molecule has 1 aromatic carbocycles. The van der Waals surface area contributed by atoms with Crippen LogP contribution in [0, 0.1) is 5.82 Å². The Labute approximate surface area is 77.8 Å². The average Bonchev–Trinajstić information content (AvgIpc) is 2.16. The Morgan fingerprint density at radius 2 is 2.07 bits per heavy atom. The molecule has 14 heavy (non-hydrogen) atoms. The minimum Gasteiger partial charge on any atom is -0.458 e. The smallest absolute Gasteiger partial charge is 0.193 e. The van der Waals surface area contributed by atoms with Crippen LogP contribution < -0.4 is 5.43 Å². The fourth-order valence-corrected chi connectivity index (χ4v) is 1.24. The Kier molecular flexibility index (Phi) is 2.04. The standard InChI is InChI=1S/C10H6F2O2/c11-5-7-4-9(13)8-2-1-6(12)3-10(8)14-7/h1-4H,5H2. The number of benzene rings is 1. The predicted octanol–water partition coefficient (Wildman–Crippen LogP) is 2.40. The van der Waals surface area contributed by atoms with Crippen LogP contribution >= 0.6 is 0 Å². The van der Waals surface area contributed by atoms with Crippen molar-refractivity contribution in [3.05, 3.63) is 46.1 Å². The van der Waals surface area contributed by atoms with Gasteiger partial charge in [0.05, 0.1) is 5.39 Å². The van der Waals surface area contributed by atoms with E-state index in [1.54, 1.807) is 0 Å². The first-order valence-corrected chi connectivity index (χ1v) is 3.99. The number of alkyl halides is 1. The van der Waals surface area contributed by atoms with Gasteiger partial charge in [-0.05, 0) is 12.1 Å². The van der Waals surface area contributed by atoms with Gasteiger partial charge in [0.25, 0.3) is 0 Å². The maximum atomic E-state index is 12.7. The van der Waals surface area contributed by atoms with Gasteiger partial charge in [-0.1, -0.05) is 0 Å². The normalized spacial score (nSPS) is 10.7. The zero-order chi connectivity index (χ0) is 10.1. The average molecular weight is 196 g/mol. The highest BCUT2D eigenvalue weighted by Gasteiger charge is 2.04. The number of hydrogen-bond donors (Lipinski definition) is 0. The Balaban J connectivity index is 2.84. The van der Waals surface area contributed by atoms with E-state index in [0.717, 1.165) is 18.2 Å². The molecule has 72 valence electrons. The van der Waals surface area contributed by atoms with Gasteiger partial charge in [0.1, 0.15) is 23.8 Å². The van der Waals surface area contributed by atoms with Crippen molar-refractivity contribution in [2.45, 2.75) is 6.67 Å². The van der Waals surface area contributed by atoms with Gasteiger partial charge in [0.2, 0.25) is 0 Å². The van der Waals surface area contributed by atoms with E-state index in [-0.39, 0.29) is 22.2 Å². The molecule has 0 amide bonds. The Morgan fingerprint density at radius 3 is 2.79 bits per heavy atom. The van der Waals surface area contributed by atoms with Crippen LogP contribution in [-0.4, -0.2) is 0 Å². The molecule has 1 heterocycles. The summed E-state index contributed by atoms with van der Waals surface area (Å²) >= 11 is 0. The lowest BCUT2D eigenvalue weighted by Gasteiger charge is -1.98. The summed E-state index contributed by atoms with van der Waals surface area (Å²) in [4.78, 5) is 11.3. The fourth-order valence-electron chi connectivity index (χ4n) is 1.24. The summed E-state index contributed by atoms with van der Waals surface area (Å²) in [6.07, 6.45) is 0. The maximum Gasteiger partial charge on any atom is 0.193 e. The van der Waals surface area contributed by atoms with E-state index in [9.17, 15) is 13.6 Å². The molecule has 0 fully saturated rings. The van der Waals surface area contributed by atoms with Gasteiger partial charge in [-0.3, -0.25) is 4.79 Å². The van der Waals surface area contributed by atoms with Gasteiger partial charge in [0.15, 0.2) is 5.43 Å². The van der Waals surface area contributed by atoms with E-state index in [1.807, 2.05) is 0 Å². The van der Waals surface area contributed by atoms with Crippen molar-refractivity contribution in [3.63, 3.8) is 0 Å². The number of hydrogen-bond acceptors (Lipinski definition) is 2.